The van der Waals surface area contributed by atoms with Crippen molar-refractivity contribution in [1.82, 2.24) is 5.32 Å². The molecule has 20 heavy (non-hydrogen) atoms. The lowest BCUT2D eigenvalue weighted by molar-refractivity contribution is -0.118. The molecule has 0 fully saturated rings. The molecule has 0 saturated heterocycles. The van der Waals surface area contributed by atoms with Gasteiger partial charge in [-0.15, -0.1) is 0 Å². The third-order valence-electron chi connectivity index (χ3n) is 4.01. The molecular weight excluding hydrogens is 250 g/mol. The number of carbonyl (C=O) groups is 1. The van der Waals surface area contributed by atoms with Gasteiger partial charge in [-0.25, -0.2) is 0 Å². The van der Waals surface area contributed by atoms with Crippen molar-refractivity contribution in [2.45, 2.75) is 33.6 Å². The van der Waals surface area contributed by atoms with Gasteiger partial charge in [0, 0.05) is 13.5 Å². The number of allylic oxidation sites excluding steroid dienone is 1. The van der Waals surface area contributed by atoms with E-state index < -0.39 is 0 Å². The molecule has 1 amide bonds. The second-order valence-electron chi connectivity index (χ2n) is 5.96. The van der Waals surface area contributed by atoms with Crippen molar-refractivity contribution in [3.8, 4) is 5.75 Å². The first-order valence-corrected chi connectivity index (χ1v) is 7.06. The summed E-state index contributed by atoms with van der Waals surface area (Å²) >= 11 is 0. The van der Waals surface area contributed by atoms with Gasteiger partial charge in [-0.1, -0.05) is 26.0 Å². The maximum atomic E-state index is 11.0. The molecule has 1 aliphatic carbocycles. The Bertz CT molecular complexity index is 544. The van der Waals surface area contributed by atoms with Crippen LogP contribution in [0.5, 0.6) is 5.75 Å². The molecule has 3 heteroatoms. The minimum absolute atomic E-state index is 0.00123. The Balaban J connectivity index is 2.39. The van der Waals surface area contributed by atoms with Gasteiger partial charge in [-0.2, -0.15) is 0 Å². The lowest BCUT2D eigenvalue weighted by Gasteiger charge is -2.35. The first-order valence-electron chi connectivity index (χ1n) is 7.06. The summed E-state index contributed by atoms with van der Waals surface area (Å²) in [7, 11) is 1.69. The van der Waals surface area contributed by atoms with Crippen LogP contribution in [0.1, 0.15) is 38.3 Å². The largest absolute Gasteiger partial charge is 0.497 e. The highest BCUT2D eigenvalue weighted by atomic mass is 16.5. The van der Waals surface area contributed by atoms with Crippen molar-refractivity contribution in [1.29, 1.82) is 0 Å². The Labute approximate surface area is 121 Å². The fourth-order valence-electron chi connectivity index (χ4n) is 2.78. The van der Waals surface area contributed by atoms with Crippen molar-refractivity contribution in [2.75, 3.05) is 13.7 Å². The number of aryl methyl sites for hydroxylation is 1. The average Bonchev–Trinajstić information content (AvgIpc) is 2.40. The Morgan fingerprint density at radius 1 is 1.45 bits per heavy atom. The summed E-state index contributed by atoms with van der Waals surface area (Å²) in [4.78, 5) is 11.0. The minimum Gasteiger partial charge on any atom is -0.497 e. The molecule has 108 valence electrons. The van der Waals surface area contributed by atoms with Crippen LogP contribution in [-0.2, 0) is 11.2 Å². The standard InChI is InChI=1S/C17H23NO2/c1-12(19)18-10-8-16-15-11-14(20-4)6-5-13(15)7-9-17(16,2)3/h5-6,8,11H,7,9-10H2,1-4H3,(H,18,19)/b16-8+. The lowest BCUT2D eigenvalue weighted by Crippen LogP contribution is -2.24. The van der Waals surface area contributed by atoms with Crippen molar-refractivity contribution < 1.29 is 9.53 Å². The number of rotatable bonds is 3. The molecule has 1 N–H and O–H groups in total. The molecule has 3 nitrogen and oxygen atoms in total. The molecule has 0 aromatic heterocycles. The van der Waals surface area contributed by atoms with Crippen LogP contribution in [0.4, 0.5) is 0 Å². The number of fused-ring (bicyclic) bond motifs is 1. The first kappa shape index (κ1) is 14.6. The molecule has 1 aliphatic rings. The summed E-state index contributed by atoms with van der Waals surface area (Å²) < 4.78 is 5.34. The average molecular weight is 273 g/mol. The van der Waals surface area contributed by atoms with E-state index in [1.54, 1.807) is 14.0 Å². The van der Waals surface area contributed by atoms with Gasteiger partial charge in [0.2, 0.25) is 5.91 Å². The Kier molecular flexibility index (Phi) is 4.17. The van der Waals surface area contributed by atoms with Crippen molar-refractivity contribution in [2.24, 2.45) is 5.41 Å². The van der Waals surface area contributed by atoms with Crippen LogP contribution in [0.3, 0.4) is 0 Å². The zero-order valence-electron chi connectivity index (χ0n) is 12.7. The smallest absolute Gasteiger partial charge is 0.217 e. The summed E-state index contributed by atoms with van der Waals surface area (Å²) in [5.41, 5.74) is 4.04. The van der Waals surface area contributed by atoms with Crippen LogP contribution in [0.25, 0.3) is 5.57 Å². The quantitative estimate of drug-likeness (QED) is 0.918. The zero-order chi connectivity index (χ0) is 14.8. The van der Waals surface area contributed by atoms with Crippen LogP contribution < -0.4 is 10.1 Å². The number of ether oxygens (including phenoxy) is 1. The van der Waals surface area contributed by atoms with E-state index in [0.717, 1.165) is 18.6 Å². The van der Waals surface area contributed by atoms with Gasteiger partial charge in [0.25, 0.3) is 0 Å². The molecule has 0 spiro atoms. The second-order valence-corrected chi connectivity index (χ2v) is 5.96. The van der Waals surface area contributed by atoms with Crippen LogP contribution in [0, 0.1) is 5.41 Å². The van der Waals surface area contributed by atoms with Crippen molar-refractivity contribution >= 4 is 11.5 Å². The molecule has 0 radical (unpaired) electrons. The number of carbonyl (C=O) groups excluding carboxylic acids is 1. The normalized spacial score (nSPS) is 18.5. The molecule has 0 aliphatic heterocycles. The van der Waals surface area contributed by atoms with E-state index in [-0.39, 0.29) is 11.3 Å². The van der Waals surface area contributed by atoms with E-state index >= 15 is 0 Å². The molecule has 0 heterocycles. The van der Waals surface area contributed by atoms with Crippen LogP contribution in [-0.4, -0.2) is 19.6 Å². The molecule has 1 aromatic carbocycles. The third kappa shape index (κ3) is 3.03. The summed E-state index contributed by atoms with van der Waals surface area (Å²) in [5.74, 6) is 0.883. The molecule has 0 unspecified atom stereocenters. The highest BCUT2D eigenvalue weighted by Gasteiger charge is 2.30. The van der Waals surface area contributed by atoms with Gasteiger partial charge in [0.05, 0.1) is 7.11 Å². The lowest BCUT2D eigenvalue weighted by atomic mass is 9.70. The van der Waals surface area contributed by atoms with E-state index in [1.165, 1.54) is 16.7 Å². The number of amides is 1. The van der Waals surface area contributed by atoms with Crippen LogP contribution in [0.15, 0.2) is 24.3 Å². The number of benzene rings is 1. The molecule has 1 aromatic rings. The predicted octanol–water partition coefficient (Wildman–Crippen LogP) is 3.19. The Morgan fingerprint density at radius 3 is 2.85 bits per heavy atom. The molecule has 0 atom stereocenters. The summed E-state index contributed by atoms with van der Waals surface area (Å²) in [6.07, 6.45) is 4.35. The fourth-order valence-corrected chi connectivity index (χ4v) is 2.78. The molecule has 0 saturated carbocycles. The summed E-state index contributed by atoms with van der Waals surface area (Å²) in [5, 5.41) is 2.84. The maximum absolute atomic E-state index is 11.0. The first-order chi connectivity index (χ1) is 9.44. The topological polar surface area (TPSA) is 38.3 Å². The minimum atomic E-state index is 0.00123. The summed E-state index contributed by atoms with van der Waals surface area (Å²) in [6.45, 7) is 6.64. The van der Waals surface area contributed by atoms with E-state index in [4.69, 9.17) is 4.74 Å². The Hall–Kier alpha value is -1.77. The van der Waals surface area contributed by atoms with E-state index in [1.807, 2.05) is 6.07 Å². The van der Waals surface area contributed by atoms with Crippen molar-refractivity contribution in [3.63, 3.8) is 0 Å². The molecule has 2 rings (SSSR count). The maximum Gasteiger partial charge on any atom is 0.217 e. The predicted molar refractivity (Wildman–Crippen MR) is 81.8 cm³/mol. The fraction of sp³-hybridized carbons (Fsp3) is 0.471. The summed E-state index contributed by atoms with van der Waals surface area (Å²) in [6, 6.07) is 6.27. The molecular formula is C17H23NO2. The van der Waals surface area contributed by atoms with Crippen LogP contribution in [0.2, 0.25) is 0 Å². The zero-order valence-corrected chi connectivity index (χ0v) is 12.7. The van der Waals surface area contributed by atoms with Gasteiger partial charge in [0.1, 0.15) is 5.75 Å². The van der Waals surface area contributed by atoms with Crippen molar-refractivity contribution in [3.05, 3.63) is 35.4 Å². The van der Waals surface area contributed by atoms with Gasteiger partial charge in [-0.3, -0.25) is 4.79 Å². The number of hydrogen-bond donors (Lipinski definition) is 1. The van der Waals surface area contributed by atoms with E-state index in [9.17, 15) is 4.79 Å². The molecule has 0 bridgehead atoms. The number of methoxy groups -OCH3 is 1. The SMILES string of the molecule is COc1ccc2c(c1)/C(=C\CNC(C)=O)C(C)(C)CC2. The monoisotopic (exact) mass is 273 g/mol. The van der Waals surface area contributed by atoms with Crippen LogP contribution >= 0.6 is 0 Å². The van der Waals surface area contributed by atoms with Gasteiger partial charge in [-0.05, 0) is 47.1 Å². The Morgan fingerprint density at radius 2 is 2.20 bits per heavy atom. The highest BCUT2D eigenvalue weighted by Crippen LogP contribution is 2.45. The third-order valence-corrected chi connectivity index (χ3v) is 4.01. The van der Waals surface area contributed by atoms with E-state index in [2.05, 4.69) is 37.4 Å². The van der Waals surface area contributed by atoms with Gasteiger partial charge < -0.3 is 10.1 Å². The highest BCUT2D eigenvalue weighted by molar-refractivity contribution is 5.76. The number of hydrogen-bond acceptors (Lipinski definition) is 2. The number of nitrogens with one attached hydrogen (secondary N) is 1. The van der Waals surface area contributed by atoms with Gasteiger partial charge in [0.15, 0.2) is 0 Å². The van der Waals surface area contributed by atoms with E-state index in [0.29, 0.717) is 6.54 Å². The second kappa shape index (κ2) is 5.70. The van der Waals surface area contributed by atoms with Gasteiger partial charge >= 0.3 is 0 Å².